The van der Waals surface area contributed by atoms with E-state index in [0.29, 0.717) is 22.1 Å². The van der Waals surface area contributed by atoms with Crippen molar-refractivity contribution in [2.45, 2.75) is 6.92 Å². The van der Waals surface area contributed by atoms with Crippen LogP contribution in [0.5, 0.6) is 5.75 Å². The van der Waals surface area contributed by atoms with Crippen LogP contribution in [-0.2, 0) is 14.3 Å². The standard InChI is InChI=1S/C23H29ClN4O4/c1-16-12-20(21(31-3)13-19(16)24)26-23(30)15-27(2)14-22(29)25-17-4-6-18(7-5-17)28-8-10-32-11-9-28/h4-7,12-13H,8-11,14-15H2,1-3H3,(H,25,29)(H,26,30). The number of halogens is 1. The highest BCUT2D eigenvalue weighted by atomic mass is 35.5. The van der Waals surface area contributed by atoms with Gasteiger partial charge in [-0.05, 0) is 49.9 Å². The van der Waals surface area contributed by atoms with E-state index in [0.717, 1.165) is 37.6 Å². The molecule has 0 saturated carbocycles. The predicted molar refractivity (Wildman–Crippen MR) is 127 cm³/mol. The third-order valence-electron chi connectivity index (χ3n) is 5.11. The van der Waals surface area contributed by atoms with Crippen molar-refractivity contribution < 1.29 is 19.1 Å². The molecule has 2 aromatic rings. The average Bonchev–Trinajstić information content (AvgIpc) is 2.77. The Hall–Kier alpha value is -2.81. The van der Waals surface area contributed by atoms with Crippen LogP contribution in [0.4, 0.5) is 17.1 Å². The number of nitrogens with zero attached hydrogens (tertiary/aromatic N) is 2. The van der Waals surface area contributed by atoms with Gasteiger partial charge >= 0.3 is 0 Å². The second kappa shape index (κ2) is 11.2. The summed E-state index contributed by atoms with van der Waals surface area (Å²) in [5.74, 6) is 0.0319. The van der Waals surface area contributed by atoms with Crippen molar-refractivity contribution in [1.82, 2.24) is 4.90 Å². The number of anilines is 3. The Balaban J connectivity index is 1.48. The Kier molecular flexibility index (Phi) is 8.33. The highest BCUT2D eigenvalue weighted by molar-refractivity contribution is 6.31. The number of carbonyl (C=O) groups is 2. The molecule has 0 aliphatic carbocycles. The smallest absolute Gasteiger partial charge is 0.238 e. The fourth-order valence-corrected chi connectivity index (χ4v) is 3.60. The van der Waals surface area contributed by atoms with E-state index in [4.69, 9.17) is 21.1 Å². The van der Waals surface area contributed by atoms with E-state index in [1.165, 1.54) is 7.11 Å². The molecule has 0 atom stereocenters. The van der Waals surface area contributed by atoms with Gasteiger partial charge in [0, 0.05) is 35.6 Å². The molecule has 1 fully saturated rings. The SMILES string of the molecule is COc1cc(Cl)c(C)cc1NC(=O)CN(C)CC(=O)Nc1ccc(N2CCOCC2)cc1. The number of nitrogens with one attached hydrogen (secondary N) is 2. The zero-order valence-electron chi connectivity index (χ0n) is 18.6. The summed E-state index contributed by atoms with van der Waals surface area (Å²) in [5.41, 5.74) is 3.19. The van der Waals surface area contributed by atoms with E-state index in [1.807, 2.05) is 31.2 Å². The summed E-state index contributed by atoms with van der Waals surface area (Å²) < 4.78 is 10.7. The summed E-state index contributed by atoms with van der Waals surface area (Å²) in [4.78, 5) is 28.7. The lowest BCUT2D eigenvalue weighted by Crippen LogP contribution is -2.36. The van der Waals surface area contributed by atoms with E-state index < -0.39 is 0 Å². The van der Waals surface area contributed by atoms with Gasteiger partial charge in [0.05, 0.1) is 39.1 Å². The number of ether oxygens (including phenoxy) is 2. The predicted octanol–water partition coefficient (Wildman–Crippen LogP) is 3.00. The van der Waals surface area contributed by atoms with Gasteiger partial charge in [-0.25, -0.2) is 0 Å². The van der Waals surface area contributed by atoms with Crippen molar-refractivity contribution in [2.24, 2.45) is 0 Å². The number of morpholine rings is 1. The maximum atomic E-state index is 12.4. The van der Waals surface area contributed by atoms with E-state index in [9.17, 15) is 9.59 Å². The Labute approximate surface area is 193 Å². The first kappa shape index (κ1) is 23.8. The lowest BCUT2D eigenvalue weighted by molar-refractivity contribution is -0.119. The summed E-state index contributed by atoms with van der Waals surface area (Å²) in [6.07, 6.45) is 0. The van der Waals surface area contributed by atoms with Gasteiger partial charge < -0.3 is 25.0 Å². The molecule has 2 aromatic carbocycles. The third-order valence-corrected chi connectivity index (χ3v) is 5.52. The van der Waals surface area contributed by atoms with Crippen molar-refractivity contribution in [3.05, 3.63) is 47.0 Å². The van der Waals surface area contributed by atoms with E-state index in [2.05, 4.69) is 15.5 Å². The minimum absolute atomic E-state index is 0.0498. The second-order valence-electron chi connectivity index (χ2n) is 7.72. The number of hydrogen-bond donors (Lipinski definition) is 2. The van der Waals surface area contributed by atoms with Crippen LogP contribution in [0, 0.1) is 6.92 Å². The molecule has 32 heavy (non-hydrogen) atoms. The number of benzene rings is 2. The molecule has 172 valence electrons. The highest BCUT2D eigenvalue weighted by Crippen LogP contribution is 2.30. The molecule has 0 radical (unpaired) electrons. The number of aryl methyl sites for hydroxylation is 1. The molecule has 3 rings (SSSR count). The average molecular weight is 461 g/mol. The van der Waals surface area contributed by atoms with Crippen molar-refractivity contribution >= 4 is 40.5 Å². The molecule has 0 aromatic heterocycles. The lowest BCUT2D eigenvalue weighted by atomic mass is 10.2. The summed E-state index contributed by atoms with van der Waals surface area (Å²) in [6.45, 7) is 5.15. The topological polar surface area (TPSA) is 83.1 Å². The van der Waals surface area contributed by atoms with Crippen LogP contribution in [0.25, 0.3) is 0 Å². The molecule has 1 heterocycles. The number of amides is 2. The Morgan fingerprint density at radius 3 is 2.34 bits per heavy atom. The molecule has 0 unspecified atom stereocenters. The zero-order chi connectivity index (χ0) is 23.1. The van der Waals surface area contributed by atoms with Crippen LogP contribution in [0.1, 0.15) is 5.56 Å². The number of carbonyl (C=O) groups excluding carboxylic acids is 2. The Morgan fingerprint density at radius 1 is 1.09 bits per heavy atom. The molecule has 8 nitrogen and oxygen atoms in total. The van der Waals surface area contributed by atoms with Crippen molar-refractivity contribution in [3.63, 3.8) is 0 Å². The summed E-state index contributed by atoms with van der Waals surface area (Å²) >= 11 is 6.10. The first-order valence-electron chi connectivity index (χ1n) is 10.4. The first-order valence-corrected chi connectivity index (χ1v) is 10.8. The molecular formula is C23H29ClN4O4. The quantitative estimate of drug-likeness (QED) is 0.630. The van der Waals surface area contributed by atoms with Gasteiger partial charge in [-0.3, -0.25) is 14.5 Å². The minimum Gasteiger partial charge on any atom is -0.495 e. The van der Waals surface area contributed by atoms with Gasteiger partial charge in [0.2, 0.25) is 11.8 Å². The van der Waals surface area contributed by atoms with Crippen LogP contribution >= 0.6 is 11.6 Å². The highest BCUT2D eigenvalue weighted by Gasteiger charge is 2.15. The summed E-state index contributed by atoms with van der Waals surface area (Å²) in [5, 5.41) is 6.24. The maximum Gasteiger partial charge on any atom is 0.238 e. The van der Waals surface area contributed by atoms with Gasteiger partial charge in [0.15, 0.2) is 0 Å². The zero-order valence-corrected chi connectivity index (χ0v) is 19.4. The number of methoxy groups -OCH3 is 1. The maximum absolute atomic E-state index is 12.4. The molecule has 2 amide bonds. The molecular weight excluding hydrogens is 432 g/mol. The van der Waals surface area contributed by atoms with Gasteiger partial charge in [0.1, 0.15) is 5.75 Å². The third kappa shape index (κ3) is 6.59. The second-order valence-corrected chi connectivity index (χ2v) is 8.12. The lowest BCUT2D eigenvalue weighted by Gasteiger charge is -2.28. The van der Waals surface area contributed by atoms with Gasteiger partial charge in [0.25, 0.3) is 0 Å². The molecule has 1 aliphatic heterocycles. The van der Waals surface area contributed by atoms with Crippen LogP contribution in [0.2, 0.25) is 5.02 Å². The fraction of sp³-hybridized carbons (Fsp3) is 0.391. The molecule has 2 N–H and O–H groups in total. The molecule has 1 aliphatic rings. The van der Waals surface area contributed by atoms with Crippen molar-refractivity contribution in [2.75, 3.05) is 69.1 Å². The molecule has 1 saturated heterocycles. The Bertz CT molecular complexity index is 946. The van der Waals surface area contributed by atoms with Gasteiger partial charge in [-0.2, -0.15) is 0 Å². The number of likely N-dealkylation sites (N-methyl/N-ethyl adjacent to an activating group) is 1. The minimum atomic E-state index is -0.254. The number of hydrogen-bond acceptors (Lipinski definition) is 6. The normalized spacial score (nSPS) is 13.7. The van der Waals surface area contributed by atoms with Crippen LogP contribution in [0.15, 0.2) is 36.4 Å². The van der Waals surface area contributed by atoms with E-state index >= 15 is 0 Å². The first-order chi connectivity index (χ1) is 15.4. The summed E-state index contributed by atoms with van der Waals surface area (Å²) in [7, 11) is 3.23. The molecule has 0 spiro atoms. The van der Waals surface area contributed by atoms with Crippen molar-refractivity contribution in [3.8, 4) is 5.75 Å². The van der Waals surface area contributed by atoms with Crippen LogP contribution < -0.4 is 20.3 Å². The Morgan fingerprint density at radius 2 is 1.72 bits per heavy atom. The number of rotatable bonds is 8. The summed E-state index contributed by atoms with van der Waals surface area (Å²) in [6, 6.07) is 11.1. The molecule has 0 bridgehead atoms. The van der Waals surface area contributed by atoms with Crippen LogP contribution in [0.3, 0.4) is 0 Å². The van der Waals surface area contributed by atoms with Crippen LogP contribution in [-0.4, -0.2) is 70.3 Å². The van der Waals surface area contributed by atoms with E-state index in [1.54, 1.807) is 24.1 Å². The largest absolute Gasteiger partial charge is 0.495 e. The molecule has 9 heteroatoms. The fourth-order valence-electron chi connectivity index (χ4n) is 3.44. The van der Waals surface area contributed by atoms with E-state index in [-0.39, 0.29) is 24.9 Å². The van der Waals surface area contributed by atoms with Crippen molar-refractivity contribution in [1.29, 1.82) is 0 Å². The van der Waals surface area contributed by atoms with Gasteiger partial charge in [-0.15, -0.1) is 0 Å². The van der Waals surface area contributed by atoms with Gasteiger partial charge in [-0.1, -0.05) is 11.6 Å². The monoisotopic (exact) mass is 460 g/mol.